The Morgan fingerprint density at radius 2 is 2.16 bits per heavy atom. The Morgan fingerprint density at radius 3 is 2.79 bits per heavy atom. The van der Waals surface area contributed by atoms with E-state index in [9.17, 15) is 0 Å². The van der Waals surface area contributed by atoms with Crippen LogP contribution in [0.5, 0.6) is 5.75 Å². The Labute approximate surface area is 117 Å². The first kappa shape index (κ1) is 14.4. The molecule has 1 aromatic rings. The van der Waals surface area contributed by atoms with Crippen LogP contribution in [-0.4, -0.2) is 19.7 Å². The molecule has 0 saturated heterocycles. The third-order valence-corrected chi connectivity index (χ3v) is 4.31. The maximum Gasteiger partial charge on any atom is 0.119 e. The minimum absolute atomic E-state index is 0.566. The molecule has 19 heavy (non-hydrogen) atoms. The van der Waals surface area contributed by atoms with Crippen molar-refractivity contribution in [2.75, 3.05) is 13.7 Å². The van der Waals surface area contributed by atoms with Gasteiger partial charge in [0.1, 0.15) is 5.75 Å². The van der Waals surface area contributed by atoms with Gasteiger partial charge in [0.25, 0.3) is 0 Å². The van der Waals surface area contributed by atoms with Crippen molar-refractivity contribution < 1.29 is 4.74 Å². The second kappa shape index (κ2) is 6.42. The zero-order valence-electron chi connectivity index (χ0n) is 12.7. The van der Waals surface area contributed by atoms with Crippen LogP contribution in [0.4, 0.5) is 0 Å². The van der Waals surface area contributed by atoms with Crippen molar-refractivity contribution in [2.45, 2.75) is 52.0 Å². The summed E-state index contributed by atoms with van der Waals surface area (Å²) in [5, 5.41) is 3.69. The van der Waals surface area contributed by atoms with Crippen LogP contribution < -0.4 is 10.1 Å². The normalized spacial score (nSPS) is 20.2. The topological polar surface area (TPSA) is 21.3 Å². The molecule has 0 radical (unpaired) electrons. The van der Waals surface area contributed by atoms with Crippen LogP contribution in [0.15, 0.2) is 18.2 Å². The summed E-state index contributed by atoms with van der Waals surface area (Å²) in [6, 6.07) is 7.17. The predicted octanol–water partition coefficient (Wildman–Crippen LogP) is 3.75. The van der Waals surface area contributed by atoms with Gasteiger partial charge in [-0.2, -0.15) is 0 Å². The van der Waals surface area contributed by atoms with Crippen LogP contribution in [0.2, 0.25) is 0 Å². The number of ether oxygens (including phenoxy) is 1. The van der Waals surface area contributed by atoms with Gasteiger partial charge in [0.15, 0.2) is 0 Å². The molecular weight excluding hydrogens is 234 g/mol. The van der Waals surface area contributed by atoms with E-state index in [-0.39, 0.29) is 0 Å². The fraction of sp³-hybridized carbons (Fsp3) is 0.647. The van der Waals surface area contributed by atoms with Gasteiger partial charge in [0.05, 0.1) is 7.11 Å². The molecule has 2 unspecified atom stereocenters. The molecule has 2 nitrogen and oxygen atoms in total. The summed E-state index contributed by atoms with van der Waals surface area (Å²) in [5.41, 5.74) is 3.02. The first-order chi connectivity index (χ1) is 9.17. The fourth-order valence-electron chi connectivity index (χ4n) is 3.39. The van der Waals surface area contributed by atoms with E-state index in [0.717, 1.165) is 12.3 Å². The molecule has 1 aromatic carbocycles. The Bertz CT molecular complexity index is 414. The maximum absolute atomic E-state index is 5.41. The number of nitrogens with one attached hydrogen (secondary N) is 1. The number of methoxy groups -OCH3 is 1. The number of fused-ring (bicyclic) bond motifs is 1. The van der Waals surface area contributed by atoms with E-state index in [4.69, 9.17) is 4.74 Å². The molecule has 1 aliphatic carbocycles. The lowest BCUT2D eigenvalue weighted by Crippen LogP contribution is -2.40. The monoisotopic (exact) mass is 261 g/mol. The molecule has 0 aliphatic heterocycles. The average molecular weight is 261 g/mol. The van der Waals surface area contributed by atoms with Gasteiger partial charge in [-0.1, -0.05) is 26.8 Å². The molecule has 2 rings (SSSR count). The fourth-order valence-corrected chi connectivity index (χ4v) is 3.39. The summed E-state index contributed by atoms with van der Waals surface area (Å²) >= 11 is 0. The number of hydrogen-bond acceptors (Lipinski definition) is 2. The van der Waals surface area contributed by atoms with Gasteiger partial charge in [-0.15, -0.1) is 0 Å². The zero-order valence-corrected chi connectivity index (χ0v) is 12.7. The van der Waals surface area contributed by atoms with Crippen LogP contribution in [0.25, 0.3) is 0 Å². The van der Waals surface area contributed by atoms with E-state index in [0.29, 0.717) is 17.9 Å². The van der Waals surface area contributed by atoms with Crippen LogP contribution in [0.3, 0.4) is 0 Å². The number of hydrogen-bond donors (Lipinski definition) is 1. The summed E-state index contributed by atoms with van der Waals surface area (Å²) in [6.07, 6.45) is 3.81. The first-order valence-corrected chi connectivity index (χ1v) is 7.57. The second-order valence-electron chi connectivity index (χ2n) is 5.89. The summed E-state index contributed by atoms with van der Waals surface area (Å²) in [6.45, 7) is 7.88. The van der Waals surface area contributed by atoms with Crippen molar-refractivity contribution in [1.82, 2.24) is 5.32 Å². The highest BCUT2D eigenvalue weighted by Crippen LogP contribution is 2.38. The van der Waals surface area contributed by atoms with Gasteiger partial charge in [0, 0.05) is 6.04 Å². The van der Waals surface area contributed by atoms with E-state index in [1.54, 1.807) is 7.11 Å². The van der Waals surface area contributed by atoms with Gasteiger partial charge < -0.3 is 10.1 Å². The highest BCUT2D eigenvalue weighted by molar-refractivity contribution is 5.40. The molecule has 2 heteroatoms. The quantitative estimate of drug-likeness (QED) is 0.871. The number of likely N-dealkylation sites (N-methyl/N-ethyl adjacent to an activating group) is 1. The van der Waals surface area contributed by atoms with Crippen LogP contribution >= 0.6 is 0 Å². The van der Waals surface area contributed by atoms with Crippen LogP contribution in [-0.2, 0) is 6.42 Å². The van der Waals surface area contributed by atoms with Gasteiger partial charge >= 0.3 is 0 Å². The van der Waals surface area contributed by atoms with E-state index < -0.39 is 0 Å². The van der Waals surface area contributed by atoms with Crippen LogP contribution in [0.1, 0.15) is 50.7 Å². The van der Waals surface area contributed by atoms with E-state index >= 15 is 0 Å². The smallest absolute Gasteiger partial charge is 0.119 e. The number of benzene rings is 1. The van der Waals surface area contributed by atoms with Crippen molar-refractivity contribution in [3.63, 3.8) is 0 Å². The van der Waals surface area contributed by atoms with E-state index in [1.807, 2.05) is 0 Å². The Hall–Kier alpha value is -1.02. The van der Waals surface area contributed by atoms with Crippen LogP contribution in [0, 0.1) is 5.92 Å². The summed E-state index contributed by atoms with van der Waals surface area (Å²) in [4.78, 5) is 0. The zero-order chi connectivity index (χ0) is 13.8. The standard InChI is InChI=1S/C17H27NO/c1-5-18-17(12(2)3)15-8-6-7-13-9-10-14(19-4)11-16(13)15/h9-12,15,17-18H,5-8H2,1-4H3. The molecule has 2 atom stereocenters. The van der Waals surface area contributed by atoms with Crippen molar-refractivity contribution in [3.05, 3.63) is 29.3 Å². The predicted molar refractivity (Wildman–Crippen MR) is 81.0 cm³/mol. The second-order valence-corrected chi connectivity index (χ2v) is 5.89. The Morgan fingerprint density at radius 1 is 1.37 bits per heavy atom. The number of aryl methyl sites for hydroxylation is 1. The Balaban J connectivity index is 2.33. The van der Waals surface area contributed by atoms with Gasteiger partial charge in [-0.3, -0.25) is 0 Å². The maximum atomic E-state index is 5.41. The first-order valence-electron chi connectivity index (χ1n) is 7.57. The SMILES string of the molecule is CCNC(C(C)C)C1CCCc2ccc(OC)cc21. The lowest BCUT2D eigenvalue weighted by Gasteiger charge is -2.35. The van der Waals surface area contributed by atoms with Crippen molar-refractivity contribution in [3.8, 4) is 5.75 Å². The van der Waals surface area contributed by atoms with Crippen molar-refractivity contribution >= 4 is 0 Å². The molecule has 106 valence electrons. The highest BCUT2D eigenvalue weighted by atomic mass is 16.5. The average Bonchev–Trinajstić information content (AvgIpc) is 2.43. The third-order valence-electron chi connectivity index (χ3n) is 4.31. The Kier molecular flexibility index (Phi) is 4.87. The van der Waals surface area contributed by atoms with Gasteiger partial charge in [-0.05, 0) is 60.9 Å². The summed E-state index contributed by atoms with van der Waals surface area (Å²) in [7, 11) is 1.75. The molecule has 0 bridgehead atoms. The minimum atomic E-state index is 0.566. The lowest BCUT2D eigenvalue weighted by molar-refractivity contribution is 0.320. The summed E-state index contributed by atoms with van der Waals surface area (Å²) < 4.78 is 5.41. The third kappa shape index (κ3) is 3.11. The van der Waals surface area contributed by atoms with Crippen molar-refractivity contribution in [1.29, 1.82) is 0 Å². The van der Waals surface area contributed by atoms with E-state index in [2.05, 4.69) is 44.3 Å². The molecule has 0 aromatic heterocycles. The molecule has 0 amide bonds. The van der Waals surface area contributed by atoms with Gasteiger partial charge in [0.2, 0.25) is 0 Å². The molecular formula is C17H27NO. The number of rotatable bonds is 5. The molecule has 0 spiro atoms. The minimum Gasteiger partial charge on any atom is -0.497 e. The molecule has 0 saturated carbocycles. The molecule has 0 heterocycles. The molecule has 1 N–H and O–H groups in total. The van der Waals surface area contributed by atoms with Crippen molar-refractivity contribution in [2.24, 2.45) is 5.92 Å². The van der Waals surface area contributed by atoms with E-state index in [1.165, 1.54) is 30.4 Å². The molecule has 0 fully saturated rings. The highest BCUT2D eigenvalue weighted by Gasteiger charge is 2.29. The largest absolute Gasteiger partial charge is 0.497 e. The molecule has 1 aliphatic rings. The van der Waals surface area contributed by atoms with Gasteiger partial charge in [-0.25, -0.2) is 0 Å². The lowest BCUT2D eigenvalue weighted by atomic mass is 9.75. The summed E-state index contributed by atoms with van der Waals surface area (Å²) in [5.74, 6) is 2.27.